The highest BCUT2D eigenvalue weighted by Gasteiger charge is 2.48. The standard InChI is InChI=1S/C24H24FN3O2/c1-15-13-26-23(27-14-15)24(7-8-24)28-22(29)20-12-18(16(2)9-21(20)30-3)10-17-5-4-6-19(25)11-17/h4-6,9,11-14H,7-8,10H2,1-3H3,(H,28,29). The summed E-state index contributed by atoms with van der Waals surface area (Å²) in [4.78, 5) is 22.0. The number of halogens is 1. The van der Waals surface area contributed by atoms with E-state index in [1.165, 1.54) is 12.1 Å². The van der Waals surface area contributed by atoms with E-state index >= 15 is 0 Å². The van der Waals surface area contributed by atoms with Gasteiger partial charge in [0.1, 0.15) is 17.1 Å². The molecule has 0 atom stereocenters. The van der Waals surface area contributed by atoms with E-state index in [1.54, 1.807) is 25.6 Å². The number of aryl methyl sites for hydroxylation is 2. The van der Waals surface area contributed by atoms with Gasteiger partial charge in [0.25, 0.3) is 5.91 Å². The number of benzene rings is 2. The van der Waals surface area contributed by atoms with Crippen LogP contribution in [0.15, 0.2) is 48.8 Å². The van der Waals surface area contributed by atoms with E-state index < -0.39 is 5.54 Å². The maximum Gasteiger partial charge on any atom is 0.255 e. The smallest absolute Gasteiger partial charge is 0.255 e. The lowest BCUT2D eigenvalue weighted by Crippen LogP contribution is -2.36. The summed E-state index contributed by atoms with van der Waals surface area (Å²) in [5.41, 5.74) is 3.68. The number of carbonyl (C=O) groups is 1. The average molecular weight is 405 g/mol. The minimum atomic E-state index is -0.524. The Morgan fingerprint density at radius 3 is 2.53 bits per heavy atom. The van der Waals surface area contributed by atoms with Gasteiger partial charge in [0.05, 0.1) is 12.7 Å². The Morgan fingerprint density at radius 2 is 1.90 bits per heavy atom. The van der Waals surface area contributed by atoms with Crippen molar-refractivity contribution in [3.8, 4) is 5.75 Å². The van der Waals surface area contributed by atoms with Crippen LogP contribution in [0.3, 0.4) is 0 Å². The largest absolute Gasteiger partial charge is 0.496 e. The van der Waals surface area contributed by atoms with Crippen molar-refractivity contribution in [2.24, 2.45) is 0 Å². The molecule has 1 fully saturated rings. The first-order valence-corrected chi connectivity index (χ1v) is 9.94. The topological polar surface area (TPSA) is 64.1 Å². The minimum Gasteiger partial charge on any atom is -0.496 e. The van der Waals surface area contributed by atoms with E-state index in [9.17, 15) is 9.18 Å². The average Bonchev–Trinajstić information content (AvgIpc) is 3.50. The second kappa shape index (κ2) is 7.86. The van der Waals surface area contributed by atoms with Crippen LogP contribution in [0.25, 0.3) is 0 Å². The maximum atomic E-state index is 13.6. The zero-order chi connectivity index (χ0) is 21.3. The van der Waals surface area contributed by atoms with Gasteiger partial charge in [-0.15, -0.1) is 0 Å². The minimum absolute atomic E-state index is 0.228. The first-order valence-electron chi connectivity index (χ1n) is 9.94. The number of methoxy groups -OCH3 is 1. The molecule has 0 spiro atoms. The number of carbonyl (C=O) groups excluding carboxylic acids is 1. The molecule has 154 valence electrons. The fourth-order valence-electron chi connectivity index (χ4n) is 3.58. The first-order chi connectivity index (χ1) is 14.4. The molecule has 0 bridgehead atoms. The highest BCUT2D eigenvalue weighted by atomic mass is 19.1. The number of nitrogens with one attached hydrogen (secondary N) is 1. The van der Waals surface area contributed by atoms with E-state index in [-0.39, 0.29) is 11.7 Å². The van der Waals surface area contributed by atoms with E-state index in [1.807, 2.05) is 32.0 Å². The van der Waals surface area contributed by atoms with Crippen LogP contribution in [0.2, 0.25) is 0 Å². The van der Waals surface area contributed by atoms with Crippen LogP contribution in [-0.4, -0.2) is 23.0 Å². The van der Waals surface area contributed by atoms with Gasteiger partial charge >= 0.3 is 0 Å². The maximum absolute atomic E-state index is 13.6. The molecule has 1 saturated carbocycles. The van der Waals surface area contributed by atoms with Crippen LogP contribution < -0.4 is 10.1 Å². The van der Waals surface area contributed by atoms with Gasteiger partial charge in [-0.25, -0.2) is 14.4 Å². The normalized spacial score (nSPS) is 14.3. The Balaban J connectivity index is 1.62. The van der Waals surface area contributed by atoms with Crippen LogP contribution in [-0.2, 0) is 12.0 Å². The summed E-state index contributed by atoms with van der Waals surface area (Å²) in [6.45, 7) is 3.89. The van der Waals surface area contributed by atoms with Crippen molar-refractivity contribution in [2.45, 2.75) is 38.6 Å². The monoisotopic (exact) mass is 405 g/mol. The second-order valence-corrected chi connectivity index (χ2v) is 7.91. The Kier molecular flexibility index (Phi) is 5.24. The van der Waals surface area contributed by atoms with Gasteiger partial charge in [-0.2, -0.15) is 0 Å². The molecule has 3 aromatic rings. The number of aromatic nitrogens is 2. The van der Waals surface area contributed by atoms with Crippen LogP contribution in [0, 0.1) is 19.7 Å². The number of hydrogen-bond acceptors (Lipinski definition) is 4. The summed E-state index contributed by atoms with van der Waals surface area (Å²) >= 11 is 0. The van der Waals surface area contributed by atoms with Crippen molar-refractivity contribution in [3.05, 3.63) is 88.3 Å². The number of hydrogen-bond donors (Lipinski definition) is 1. The van der Waals surface area contributed by atoms with E-state index in [2.05, 4.69) is 15.3 Å². The Bertz CT molecular complexity index is 1090. The van der Waals surface area contributed by atoms with Gasteiger partial charge in [-0.3, -0.25) is 4.79 Å². The van der Waals surface area contributed by atoms with Crippen molar-refractivity contribution < 1.29 is 13.9 Å². The molecule has 0 aliphatic heterocycles. The van der Waals surface area contributed by atoms with E-state index in [0.29, 0.717) is 23.6 Å². The lowest BCUT2D eigenvalue weighted by molar-refractivity contribution is 0.0925. The third-order valence-electron chi connectivity index (χ3n) is 5.50. The van der Waals surface area contributed by atoms with Gasteiger partial charge in [-0.05, 0) is 79.6 Å². The van der Waals surface area contributed by atoms with E-state index in [4.69, 9.17) is 4.74 Å². The second-order valence-electron chi connectivity index (χ2n) is 7.91. The highest BCUT2D eigenvalue weighted by Crippen LogP contribution is 2.44. The number of amides is 1. The predicted octanol–water partition coefficient (Wildman–Crippen LogP) is 4.25. The fourth-order valence-corrected chi connectivity index (χ4v) is 3.58. The van der Waals surface area contributed by atoms with Crippen LogP contribution in [0.4, 0.5) is 4.39 Å². The zero-order valence-electron chi connectivity index (χ0n) is 17.3. The summed E-state index contributed by atoms with van der Waals surface area (Å²) in [5.74, 6) is 0.639. The summed E-state index contributed by atoms with van der Waals surface area (Å²) < 4.78 is 19.1. The van der Waals surface area contributed by atoms with Crippen molar-refractivity contribution in [3.63, 3.8) is 0 Å². The van der Waals surface area contributed by atoms with Gasteiger partial charge in [-0.1, -0.05) is 12.1 Å². The molecule has 1 amide bonds. The van der Waals surface area contributed by atoms with Gasteiger partial charge in [0, 0.05) is 12.4 Å². The summed E-state index contributed by atoms with van der Waals surface area (Å²) in [6, 6.07) is 10.2. The molecular formula is C24H24FN3O2. The molecule has 5 nitrogen and oxygen atoms in total. The first kappa shape index (κ1) is 20.0. The van der Waals surface area contributed by atoms with E-state index in [0.717, 1.165) is 35.1 Å². The zero-order valence-corrected chi connectivity index (χ0v) is 17.3. The number of nitrogens with zero attached hydrogens (tertiary/aromatic N) is 2. The quantitative estimate of drug-likeness (QED) is 0.666. The Morgan fingerprint density at radius 1 is 1.17 bits per heavy atom. The van der Waals surface area contributed by atoms with Crippen molar-refractivity contribution in [2.75, 3.05) is 7.11 Å². The van der Waals surface area contributed by atoms with Gasteiger partial charge in [0.15, 0.2) is 5.82 Å². The molecule has 1 heterocycles. The molecule has 1 aliphatic carbocycles. The van der Waals surface area contributed by atoms with Gasteiger partial charge < -0.3 is 10.1 Å². The number of ether oxygens (including phenoxy) is 1. The van der Waals surface area contributed by atoms with Crippen LogP contribution in [0.1, 0.15) is 51.3 Å². The molecule has 1 aromatic heterocycles. The molecule has 1 aliphatic rings. The third kappa shape index (κ3) is 4.03. The van der Waals surface area contributed by atoms with Gasteiger partial charge in [0.2, 0.25) is 0 Å². The molecule has 6 heteroatoms. The molecule has 0 saturated heterocycles. The fraction of sp³-hybridized carbons (Fsp3) is 0.292. The summed E-state index contributed by atoms with van der Waals surface area (Å²) in [5, 5.41) is 3.11. The lowest BCUT2D eigenvalue weighted by Gasteiger charge is -2.19. The number of rotatable bonds is 6. The summed E-state index contributed by atoms with van der Waals surface area (Å²) in [7, 11) is 1.55. The third-order valence-corrected chi connectivity index (χ3v) is 5.50. The molecule has 1 N–H and O–H groups in total. The summed E-state index contributed by atoms with van der Waals surface area (Å²) in [6.07, 6.45) is 5.65. The highest BCUT2D eigenvalue weighted by molar-refractivity contribution is 5.98. The predicted molar refractivity (Wildman–Crippen MR) is 112 cm³/mol. The van der Waals surface area contributed by atoms with Crippen molar-refractivity contribution in [1.82, 2.24) is 15.3 Å². The van der Waals surface area contributed by atoms with Crippen molar-refractivity contribution >= 4 is 5.91 Å². The SMILES string of the molecule is COc1cc(C)c(Cc2cccc(F)c2)cc1C(=O)NC1(c2ncc(C)cn2)CC1. The molecular weight excluding hydrogens is 381 g/mol. The molecule has 30 heavy (non-hydrogen) atoms. The van der Waals surface area contributed by atoms with Crippen LogP contribution in [0.5, 0.6) is 5.75 Å². The van der Waals surface area contributed by atoms with Crippen LogP contribution >= 0.6 is 0 Å². The Labute approximate surface area is 175 Å². The Hall–Kier alpha value is -3.28. The molecule has 0 unspecified atom stereocenters. The lowest BCUT2D eigenvalue weighted by atomic mass is 9.97. The van der Waals surface area contributed by atoms with Crippen molar-refractivity contribution in [1.29, 1.82) is 0 Å². The molecule has 4 rings (SSSR count). The molecule has 0 radical (unpaired) electrons. The molecule has 2 aromatic carbocycles.